The summed E-state index contributed by atoms with van der Waals surface area (Å²) in [6.45, 7) is 9.00. The van der Waals surface area contributed by atoms with Gasteiger partial charge in [0.1, 0.15) is 5.82 Å². The molecule has 0 saturated carbocycles. The normalized spacial score (nSPS) is 20.4. The van der Waals surface area contributed by atoms with Crippen LogP contribution >= 0.6 is 11.6 Å². The molecule has 1 aliphatic rings. The minimum Gasteiger partial charge on any atom is -0.329 e. The van der Waals surface area contributed by atoms with Crippen molar-refractivity contribution < 1.29 is 4.39 Å². The van der Waals surface area contributed by atoms with Gasteiger partial charge in [-0.25, -0.2) is 4.39 Å². The molecule has 1 aliphatic heterocycles. The lowest BCUT2D eigenvalue weighted by molar-refractivity contribution is 0.0743. The Kier molecular flexibility index (Phi) is 5.99. The molecule has 21 heavy (non-hydrogen) atoms. The highest BCUT2D eigenvalue weighted by molar-refractivity contribution is 6.30. The molecule has 2 unspecified atom stereocenters. The Labute approximate surface area is 131 Å². The molecule has 1 heterocycles. The fourth-order valence-corrected chi connectivity index (χ4v) is 3.08. The largest absolute Gasteiger partial charge is 0.329 e. The van der Waals surface area contributed by atoms with E-state index in [4.69, 9.17) is 17.3 Å². The molecule has 0 bridgehead atoms. The van der Waals surface area contributed by atoms with Gasteiger partial charge in [0.15, 0.2) is 0 Å². The van der Waals surface area contributed by atoms with E-state index in [9.17, 15) is 4.39 Å². The third-order valence-corrected chi connectivity index (χ3v) is 4.86. The van der Waals surface area contributed by atoms with Crippen molar-refractivity contribution in [2.24, 2.45) is 5.73 Å². The number of hydrogen-bond acceptors (Lipinski definition) is 3. The number of piperazine rings is 1. The molecule has 2 rings (SSSR count). The highest BCUT2D eigenvalue weighted by Gasteiger charge is 2.26. The smallest absolute Gasteiger partial charge is 0.142 e. The van der Waals surface area contributed by atoms with Crippen molar-refractivity contribution in [2.75, 3.05) is 32.7 Å². The van der Waals surface area contributed by atoms with Crippen molar-refractivity contribution in [1.82, 2.24) is 9.80 Å². The molecule has 2 N–H and O–H groups in total. The van der Waals surface area contributed by atoms with Crippen molar-refractivity contribution in [1.29, 1.82) is 0 Å². The van der Waals surface area contributed by atoms with E-state index >= 15 is 0 Å². The molecule has 0 radical (unpaired) electrons. The zero-order valence-electron chi connectivity index (χ0n) is 12.9. The van der Waals surface area contributed by atoms with Crippen LogP contribution in [0, 0.1) is 5.82 Å². The third-order valence-electron chi connectivity index (χ3n) is 4.56. The molecular formula is C16H25ClFN3. The SMILES string of the molecule is CCC(C)N1CCN(C(CN)c2ccc(Cl)c(F)c2)CC1. The lowest BCUT2D eigenvalue weighted by Crippen LogP contribution is -2.51. The molecule has 0 amide bonds. The van der Waals surface area contributed by atoms with Crippen LogP contribution in [0.1, 0.15) is 31.9 Å². The highest BCUT2D eigenvalue weighted by Crippen LogP contribution is 2.25. The van der Waals surface area contributed by atoms with E-state index in [0.717, 1.165) is 31.7 Å². The first-order valence-corrected chi connectivity index (χ1v) is 8.07. The zero-order valence-corrected chi connectivity index (χ0v) is 13.6. The van der Waals surface area contributed by atoms with Gasteiger partial charge in [-0.2, -0.15) is 0 Å². The summed E-state index contributed by atoms with van der Waals surface area (Å²) in [7, 11) is 0. The maximum absolute atomic E-state index is 13.7. The molecule has 2 atom stereocenters. The molecule has 0 aromatic heterocycles. The van der Waals surface area contributed by atoms with Crippen molar-refractivity contribution in [3.8, 4) is 0 Å². The third kappa shape index (κ3) is 3.95. The molecule has 5 heteroatoms. The Morgan fingerprint density at radius 2 is 1.86 bits per heavy atom. The monoisotopic (exact) mass is 313 g/mol. The number of hydrogen-bond donors (Lipinski definition) is 1. The quantitative estimate of drug-likeness (QED) is 0.907. The Balaban J connectivity index is 2.04. The van der Waals surface area contributed by atoms with Crippen LogP contribution in [-0.2, 0) is 0 Å². The second-order valence-corrected chi connectivity index (χ2v) is 6.16. The summed E-state index contributed by atoms with van der Waals surface area (Å²) in [5, 5.41) is 0.163. The molecule has 3 nitrogen and oxygen atoms in total. The number of benzene rings is 1. The zero-order chi connectivity index (χ0) is 15.4. The first-order chi connectivity index (χ1) is 10.1. The van der Waals surface area contributed by atoms with Gasteiger partial charge in [0.25, 0.3) is 0 Å². The Morgan fingerprint density at radius 1 is 1.24 bits per heavy atom. The van der Waals surface area contributed by atoms with Gasteiger partial charge < -0.3 is 5.73 Å². The van der Waals surface area contributed by atoms with Gasteiger partial charge in [0, 0.05) is 44.8 Å². The highest BCUT2D eigenvalue weighted by atomic mass is 35.5. The molecule has 1 fully saturated rings. The predicted molar refractivity (Wildman–Crippen MR) is 86.1 cm³/mol. The molecule has 118 valence electrons. The van der Waals surface area contributed by atoms with E-state index < -0.39 is 0 Å². The summed E-state index contributed by atoms with van der Waals surface area (Å²) in [6, 6.07) is 5.70. The summed E-state index contributed by atoms with van der Waals surface area (Å²) in [5.74, 6) is -0.370. The number of rotatable bonds is 5. The molecule has 1 aromatic rings. The van der Waals surface area contributed by atoms with E-state index in [0.29, 0.717) is 12.6 Å². The van der Waals surface area contributed by atoms with E-state index in [1.54, 1.807) is 6.07 Å². The first kappa shape index (κ1) is 16.7. The molecule has 1 aromatic carbocycles. The minimum atomic E-state index is -0.370. The van der Waals surface area contributed by atoms with Gasteiger partial charge in [0.05, 0.1) is 5.02 Å². The summed E-state index contributed by atoms with van der Waals surface area (Å²) in [4.78, 5) is 4.86. The lowest BCUT2D eigenvalue weighted by atomic mass is 10.0. The van der Waals surface area contributed by atoms with E-state index in [1.807, 2.05) is 6.07 Å². The van der Waals surface area contributed by atoms with Crippen LogP contribution in [-0.4, -0.2) is 48.6 Å². The van der Waals surface area contributed by atoms with Crippen LogP contribution < -0.4 is 5.73 Å². The van der Waals surface area contributed by atoms with Gasteiger partial charge >= 0.3 is 0 Å². The average Bonchev–Trinajstić information content (AvgIpc) is 2.51. The van der Waals surface area contributed by atoms with Crippen molar-refractivity contribution in [3.05, 3.63) is 34.6 Å². The second kappa shape index (κ2) is 7.54. The van der Waals surface area contributed by atoms with Crippen LogP contribution in [0.5, 0.6) is 0 Å². The van der Waals surface area contributed by atoms with Gasteiger partial charge in [-0.3, -0.25) is 9.80 Å². The maximum Gasteiger partial charge on any atom is 0.142 e. The predicted octanol–water partition coefficient (Wildman–Crippen LogP) is 2.90. The standard InChI is InChI=1S/C16H25ClFN3/c1-3-12(2)20-6-8-21(9-7-20)16(11-19)13-4-5-14(17)15(18)10-13/h4-5,10,12,16H,3,6-9,11,19H2,1-2H3. The van der Waals surface area contributed by atoms with Crippen LogP contribution in [0.15, 0.2) is 18.2 Å². The van der Waals surface area contributed by atoms with Gasteiger partial charge in [-0.05, 0) is 31.0 Å². The van der Waals surface area contributed by atoms with Crippen LogP contribution in [0.2, 0.25) is 5.02 Å². The van der Waals surface area contributed by atoms with Crippen LogP contribution in [0.4, 0.5) is 4.39 Å². The number of halogens is 2. The van der Waals surface area contributed by atoms with Crippen molar-refractivity contribution in [3.63, 3.8) is 0 Å². The Hall–Kier alpha value is -0.680. The summed E-state index contributed by atoms with van der Waals surface area (Å²) in [5.41, 5.74) is 6.85. The summed E-state index contributed by atoms with van der Waals surface area (Å²) < 4.78 is 13.7. The van der Waals surface area contributed by atoms with E-state index in [2.05, 4.69) is 23.6 Å². The number of nitrogens with zero attached hydrogens (tertiary/aromatic N) is 2. The lowest BCUT2D eigenvalue weighted by Gasteiger charge is -2.41. The summed E-state index contributed by atoms with van der Waals surface area (Å²) >= 11 is 5.76. The second-order valence-electron chi connectivity index (χ2n) is 5.75. The molecule has 1 saturated heterocycles. The van der Waals surface area contributed by atoms with Crippen molar-refractivity contribution in [2.45, 2.75) is 32.4 Å². The maximum atomic E-state index is 13.7. The van der Waals surface area contributed by atoms with E-state index in [-0.39, 0.29) is 16.9 Å². The fraction of sp³-hybridized carbons (Fsp3) is 0.625. The van der Waals surface area contributed by atoms with Crippen LogP contribution in [0.3, 0.4) is 0 Å². The molecular weight excluding hydrogens is 289 g/mol. The molecule has 0 aliphatic carbocycles. The van der Waals surface area contributed by atoms with Crippen molar-refractivity contribution >= 4 is 11.6 Å². The topological polar surface area (TPSA) is 32.5 Å². The summed E-state index contributed by atoms with van der Waals surface area (Å²) in [6.07, 6.45) is 1.17. The van der Waals surface area contributed by atoms with Gasteiger partial charge in [-0.1, -0.05) is 24.6 Å². The van der Waals surface area contributed by atoms with E-state index in [1.165, 1.54) is 12.5 Å². The molecule has 0 spiro atoms. The Morgan fingerprint density at radius 3 is 2.38 bits per heavy atom. The first-order valence-electron chi connectivity index (χ1n) is 7.70. The van der Waals surface area contributed by atoms with Gasteiger partial charge in [-0.15, -0.1) is 0 Å². The number of nitrogens with two attached hydrogens (primary N) is 1. The van der Waals surface area contributed by atoms with Gasteiger partial charge in [0.2, 0.25) is 0 Å². The fourth-order valence-electron chi connectivity index (χ4n) is 2.96. The Bertz CT molecular complexity index is 461. The minimum absolute atomic E-state index is 0.0656. The van der Waals surface area contributed by atoms with Crippen LogP contribution in [0.25, 0.3) is 0 Å². The average molecular weight is 314 g/mol.